The first-order valence-electron chi connectivity index (χ1n) is 9.38. The molecular weight excluding hydrogens is 414 g/mol. The van der Waals surface area contributed by atoms with Gasteiger partial charge in [0.25, 0.3) is 5.91 Å². The molecule has 6 nitrogen and oxygen atoms in total. The van der Waals surface area contributed by atoms with Gasteiger partial charge >= 0.3 is 6.18 Å². The van der Waals surface area contributed by atoms with Gasteiger partial charge in [0, 0.05) is 18.3 Å². The Morgan fingerprint density at radius 1 is 1.23 bits per heavy atom. The van der Waals surface area contributed by atoms with Crippen LogP contribution in [0.3, 0.4) is 0 Å². The molecule has 1 aromatic carbocycles. The van der Waals surface area contributed by atoms with Gasteiger partial charge in [0.15, 0.2) is 0 Å². The molecule has 0 unspecified atom stereocenters. The largest absolute Gasteiger partial charge is 0.433 e. The predicted molar refractivity (Wildman–Crippen MR) is 101 cm³/mol. The second-order valence-electron chi connectivity index (χ2n) is 7.08. The number of carbonyl (C=O) groups is 1. The topological polar surface area (TPSA) is 83.6 Å². The monoisotopic (exact) mass is 429 g/mol. The summed E-state index contributed by atoms with van der Waals surface area (Å²) in [5.74, 6) is -1.43. The standard InChI is InChI=1S/C21H15F4N5O/c22-15-4-3-12(11-26)8-14(15)20(31)28-16-2-1-7-30-18(16)10-17(29-30)13-5-6-27-19(9-13)21(23,24)25/h3-6,8-10,16H,1-2,7H2,(H,28,31)/t16-/m0/s1. The average molecular weight is 429 g/mol. The summed E-state index contributed by atoms with van der Waals surface area (Å²) in [5, 5.41) is 16.1. The molecule has 3 heterocycles. The Morgan fingerprint density at radius 2 is 2.03 bits per heavy atom. The normalized spacial score (nSPS) is 15.8. The number of aromatic nitrogens is 3. The number of rotatable bonds is 3. The summed E-state index contributed by atoms with van der Waals surface area (Å²) >= 11 is 0. The van der Waals surface area contributed by atoms with Crippen LogP contribution in [0.2, 0.25) is 0 Å². The number of alkyl halides is 3. The number of nitrogens with zero attached hydrogens (tertiary/aromatic N) is 4. The van der Waals surface area contributed by atoms with Gasteiger partial charge in [-0.2, -0.15) is 23.5 Å². The van der Waals surface area contributed by atoms with Gasteiger partial charge in [0.1, 0.15) is 11.5 Å². The lowest BCUT2D eigenvalue weighted by atomic mass is 10.0. The molecule has 0 spiro atoms. The molecule has 1 aliphatic heterocycles. The number of amides is 1. The molecule has 0 aliphatic carbocycles. The number of carbonyl (C=O) groups excluding carboxylic acids is 1. The molecule has 1 amide bonds. The second kappa shape index (κ2) is 7.83. The SMILES string of the molecule is N#Cc1ccc(F)c(C(=O)N[C@H]2CCCn3nc(-c4ccnc(C(F)(F)F)c4)cc32)c1. The molecule has 158 valence electrons. The lowest BCUT2D eigenvalue weighted by Crippen LogP contribution is -2.33. The summed E-state index contributed by atoms with van der Waals surface area (Å²) < 4.78 is 54.6. The zero-order valence-electron chi connectivity index (χ0n) is 15.9. The maximum absolute atomic E-state index is 14.1. The molecule has 1 aliphatic rings. The van der Waals surface area contributed by atoms with Crippen molar-refractivity contribution in [1.82, 2.24) is 20.1 Å². The molecule has 10 heteroatoms. The van der Waals surface area contributed by atoms with Gasteiger partial charge in [-0.25, -0.2) is 4.39 Å². The van der Waals surface area contributed by atoms with Gasteiger partial charge in [0.05, 0.1) is 34.6 Å². The van der Waals surface area contributed by atoms with Crippen LogP contribution in [-0.2, 0) is 12.7 Å². The van der Waals surface area contributed by atoms with Crippen molar-refractivity contribution in [3.63, 3.8) is 0 Å². The highest BCUT2D eigenvalue weighted by molar-refractivity contribution is 5.95. The zero-order chi connectivity index (χ0) is 22.2. The van der Waals surface area contributed by atoms with Crippen LogP contribution in [0.15, 0.2) is 42.6 Å². The van der Waals surface area contributed by atoms with E-state index in [9.17, 15) is 22.4 Å². The van der Waals surface area contributed by atoms with Gasteiger partial charge in [-0.1, -0.05) is 0 Å². The van der Waals surface area contributed by atoms with Crippen molar-refractivity contribution in [2.45, 2.75) is 31.6 Å². The zero-order valence-corrected chi connectivity index (χ0v) is 15.9. The Morgan fingerprint density at radius 3 is 2.77 bits per heavy atom. The van der Waals surface area contributed by atoms with Gasteiger partial charge < -0.3 is 5.32 Å². The van der Waals surface area contributed by atoms with Crippen LogP contribution in [0.25, 0.3) is 11.3 Å². The number of pyridine rings is 1. The van der Waals surface area contributed by atoms with E-state index in [-0.39, 0.29) is 16.7 Å². The van der Waals surface area contributed by atoms with Gasteiger partial charge in [0.2, 0.25) is 0 Å². The fraction of sp³-hybridized carbons (Fsp3) is 0.238. The van der Waals surface area contributed by atoms with Gasteiger partial charge in [-0.05, 0) is 49.2 Å². The molecular formula is C21H15F4N5O. The van der Waals surface area contributed by atoms with E-state index in [1.807, 2.05) is 6.07 Å². The molecule has 4 rings (SSSR count). The number of hydrogen-bond acceptors (Lipinski definition) is 4. The third-order valence-electron chi connectivity index (χ3n) is 5.02. The summed E-state index contributed by atoms with van der Waals surface area (Å²) in [4.78, 5) is 16.0. The molecule has 2 aromatic heterocycles. The van der Waals surface area contributed by atoms with Crippen molar-refractivity contribution in [3.05, 3.63) is 70.9 Å². The van der Waals surface area contributed by atoms with Crippen molar-refractivity contribution in [2.75, 3.05) is 0 Å². The number of halogens is 4. The molecule has 1 atom stereocenters. The number of hydrogen-bond donors (Lipinski definition) is 1. The molecule has 0 saturated heterocycles. The molecule has 3 aromatic rings. The van der Waals surface area contributed by atoms with Crippen LogP contribution < -0.4 is 5.32 Å². The Kier molecular flexibility index (Phi) is 5.19. The highest BCUT2D eigenvalue weighted by Gasteiger charge is 2.33. The smallest absolute Gasteiger partial charge is 0.344 e. The number of nitriles is 1. The van der Waals surface area contributed by atoms with Crippen molar-refractivity contribution in [1.29, 1.82) is 5.26 Å². The fourth-order valence-electron chi connectivity index (χ4n) is 3.52. The highest BCUT2D eigenvalue weighted by atomic mass is 19.4. The number of benzene rings is 1. The summed E-state index contributed by atoms with van der Waals surface area (Å²) in [6.45, 7) is 0.539. The Balaban J connectivity index is 1.62. The summed E-state index contributed by atoms with van der Waals surface area (Å²) in [7, 11) is 0. The molecule has 0 saturated carbocycles. The maximum atomic E-state index is 14.1. The Hall–Kier alpha value is -3.74. The first kappa shape index (κ1) is 20.5. The van der Waals surface area contributed by atoms with E-state index in [2.05, 4.69) is 15.4 Å². The van der Waals surface area contributed by atoms with E-state index in [1.54, 1.807) is 10.7 Å². The molecule has 31 heavy (non-hydrogen) atoms. The van der Waals surface area contributed by atoms with E-state index in [4.69, 9.17) is 5.26 Å². The van der Waals surface area contributed by atoms with Gasteiger partial charge in [-0.3, -0.25) is 14.5 Å². The lowest BCUT2D eigenvalue weighted by molar-refractivity contribution is -0.141. The first-order valence-corrected chi connectivity index (χ1v) is 9.38. The second-order valence-corrected chi connectivity index (χ2v) is 7.08. The van der Waals surface area contributed by atoms with Gasteiger partial charge in [-0.15, -0.1) is 0 Å². The van der Waals surface area contributed by atoms with E-state index in [0.717, 1.165) is 18.3 Å². The minimum atomic E-state index is -4.58. The average Bonchev–Trinajstić information content (AvgIpc) is 3.19. The first-order chi connectivity index (χ1) is 14.8. The van der Waals surface area contributed by atoms with Crippen LogP contribution >= 0.6 is 0 Å². The van der Waals surface area contributed by atoms with Crippen LogP contribution in [0.1, 0.15) is 46.2 Å². The fourth-order valence-corrected chi connectivity index (χ4v) is 3.52. The van der Waals surface area contributed by atoms with Crippen molar-refractivity contribution in [3.8, 4) is 17.3 Å². The van der Waals surface area contributed by atoms with Crippen molar-refractivity contribution < 1.29 is 22.4 Å². The van der Waals surface area contributed by atoms with E-state index >= 15 is 0 Å². The van der Waals surface area contributed by atoms with Crippen LogP contribution in [0, 0.1) is 17.1 Å². The minimum absolute atomic E-state index is 0.153. The van der Waals surface area contributed by atoms with E-state index in [1.165, 1.54) is 18.2 Å². The minimum Gasteiger partial charge on any atom is -0.344 e. The molecule has 0 bridgehead atoms. The van der Waals surface area contributed by atoms with Crippen molar-refractivity contribution in [2.24, 2.45) is 0 Å². The number of fused-ring (bicyclic) bond motifs is 1. The van der Waals surface area contributed by atoms with E-state index < -0.39 is 29.6 Å². The molecule has 0 fully saturated rings. The maximum Gasteiger partial charge on any atom is 0.433 e. The van der Waals surface area contributed by atoms with E-state index in [0.29, 0.717) is 30.8 Å². The Bertz CT molecular complexity index is 1200. The quantitative estimate of drug-likeness (QED) is 0.632. The number of aryl methyl sites for hydroxylation is 1. The highest BCUT2D eigenvalue weighted by Crippen LogP contribution is 2.33. The summed E-state index contributed by atoms with van der Waals surface area (Å²) in [6, 6.07) is 8.82. The lowest BCUT2D eigenvalue weighted by Gasteiger charge is -2.24. The number of nitrogens with one attached hydrogen (secondary N) is 1. The summed E-state index contributed by atoms with van der Waals surface area (Å²) in [5.41, 5.74) is 0.0646. The predicted octanol–water partition coefficient (Wildman–Crippen LogP) is 4.24. The molecule has 0 radical (unpaired) electrons. The summed E-state index contributed by atoms with van der Waals surface area (Å²) in [6.07, 6.45) is -2.28. The third-order valence-corrected chi connectivity index (χ3v) is 5.02. The van der Waals surface area contributed by atoms with Crippen LogP contribution in [-0.4, -0.2) is 20.7 Å². The van der Waals surface area contributed by atoms with Crippen LogP contribution in [0.5, 0.6) is 0 Å². The van der Waals surface area contributed by atoms with Crippen LogP contribution in [0.4, 0.5) is 17.6 Å². The molecule has 1 N–H and O–H groups in total. The van der Waals surface area contributed by atoms with Crippen molar-refractivity contribution >= 4 is 5.91 Å². The third kappa shape index (κ3) is 4.12. The Labute approximate surface area is 174 Å².